The summed E-state index contributed by atoms with van der Waals surface area (Å²) in [6, 6.07) is 15.9. The third kappa shape index (κ3) is 4.57. The maximum Gasteiger partial charge on any atom is 0.321 e. The minimum atomic E-state index is -0.0209. The van der Waals surface area contributed by atoms with Gasteiger partial charge >= 0.3 is 6.03 Å². The molecule has 2 fully saturated rings. The number of carbonyl (C=O) groups excluding carboxylic acids is 2. The minimum Gasteiger partial charge on any atom is -0.339 e. The molecule has 35 heavy (non-hydrogen) atoms. The monoisotopic (exact) mass is 470 g/mol. The SMILES string of the molecule is Cc1cc(C)c(NC(=O)N2CCC3(CCN(C(=O)c4ccccc4-n4cccc4)CC3)C2)cc1C. The van der Waals surface area contributed by atoms with Gasteiger partial charge in [0.2, 0.25) is 0 Å². The van der Waals surface area contributed by atoms with Crippen LogP contribution in [0.4, 0.5) is 10.5 Å². The topological polar surface area (TPSA) is 57.6 Å². The van der Waals surface area contributed by atoms with Gasteiger partial charge in [-0.25, -0.2) is 4.79 Å². The molecule has 0 aliphatic carbocycles. The van der Waals surface area contributed by atoms with E-state index in [0.717, 1.165) is 67.9 Å². The number of urea groups is 1. The zero-order chi connectivity index (χ0) is 24.6. The van der Waals surface area contributed by atoms with E-state index in [1.807, 2.05) is 70.1 Å². The van der Waals surface area contributed by atoms with Gasteiger partial charge in [-0.1, -0.05) is 18.2 Å². The fourth-order valence-electron chi connectivity index (χ4n) is 5.54. The van der Waals surface area contributed by atoms with Gasteiger partial charge in [0.05, 0.1) is 11.3 Å². The lowest BCUT2D eigenvalue weighted by atomic mass is 9.77. The van der Waals surface area contributed by atoms with Crippen LogP contribution in [0.1, 0.15) is 46.3 Å². The molecule has 6 nitrogen and oxygen atoms in total. The molecule has 1 N–H and O–H groups in total. The Bertz CT molecular complexity index is 1240. The van der Waals surface area contributed by atoms with Crippen molar-refractivity contribution in [1.29, 1.82) is 0 Å². The highest BCUT2D eigenvalue weighted by Crippen LogP contribution is 2.41. The van der Waals surface area contributed by atoms with Gasteiger partial charge in [-0.3, -0.25) is 4.79 Å². The van der Waals surface area contributed by atoms with Crippen molar-refractivity contribution in [2.75, 3.05) is 31.5 Å². The van der Waals surface area contributed by atoms with Gasteiger partial charge in [0, 0.05) is 44.3 Å². The number of nitrogens with one attached hydrogen (secondary N) is 1. The van der Waals surface area contributed by atoms with Crippen LogP contribution in [0.25, 0.3) is 5.69 Å². The molecule has 3 amide bonds. The number of hydrogen-bond acceptors (Lipinski definition) is 2. The first-order valence-electron chi connectivity index (χ1n) is 12.5. The molecule has 6 heteroatoms. The van der Waals surface area contributed by atoms with Crippen LogP contribution in [0, 0.1) is 26.2 Å². The van der Waals surface area contributed by atoms with E-state index < -0.39 is 0 Å². The number of aromatic nitrogens is 1. The van der Waals surface area contributed by atoms with Gasteiger partial charge in [-0.2, -0.15) is 0 Å². The smallest absolute Gasteiger partial charge is 0.321 e. The van der Waals surface area contributed by atoms with E-state index in [-0.39, 0.29) is 17.4 Å². The van der Waals surface area contributed by atoms with Crippen molar-refractivity contribution < 1.29 is 9.59 Å². The molecule has 3 heterocycles. The van der Waals surface area contributed by atoms with Crippen molar-refractivity contribution in [3.8, 4) is 5.69 Å². The number of amides is 3. The van der Waals surface area contributed by atoms with E-state index >= 15 is 0 Å². The summed E-state index contributed by atoms with van der Waals surface area (Å²) in [5.74, 6) is 0.0852. The summed E-state index contributed by atoms with van der Waals surface area (Å²) in [5, 5.41) is 3.13. The molecule has 0 atom stereocenters. The first-order valence-corrected chi connectivity index (χ1v) is 12.5. The molecule has 1 spiro atoms. The summed E-state index contributed by atoms with van der Waals surface area (Å²) in [7, 11) is 0. The number of para-hydroxylation sites is 1. The lowest BCUT2D eigenvalue weighted by molar-refractivity contribution is 0.0595. The molecule has 1 aromatic heterocycles. The van der Waals surface area contributed by atoms with Gasteiger partial charge in [0.25, 0.3) is 5.91 Å². The molecule has 0 radical (unpaired) electrons. The van der Waals surface area contributed by atoms with Crippen LogP contribution in [0.2, 0.25) is 0 Å². The molecule has 3 aromatic rings. The average molecular weight is 471 g/mol. The zero-order valence-electron chi connectivity index (χ0n) is 20.9. The van der Waals surface area contributed by atoms with Crippen molar-refractivity contribution in [3.05, 3.63) is 83.2 Å². The first kappa shape index (κ1) is 23.2. The quantitative estimate of drug-likeness (QED) is 0.545. The highest BCUT2D eigenvalue weighted by atomic mass is 16.2. The number of nitrogens with zero attached hydrogens (tertiary/aromatic N) is 3. The van der Waals surface area contributed by atoms with Crippen LogP contribution in [-0.4, -0.2) is 52.5 Å². The number of piperidine rings is 1. The Labute approximate surface area is 207 Å². The van der Waals surface area contributed by atoms with Crippen molar-refractivity contribution in [3.63, 3.8) is 0 Å². The molecular formula is C29H34N4O2. The van der Waals surface area contributed by atoms with Gasteiger partial charge in [-0.05, 0) is 92.5 Å². The normalized spacial score (nSPS) is 17.1. The Morgan fingerprint density at radius 3 is 2.14 bits per heavy atom. The fourth-order valence-corrected chi connectivity index (χ4v) is 5.54. The number of hydrogen-bond donors (Lipinski definition) is 1. The second-order valence-electron chi connectivity index (χ2n) is 10.3. The summed E-state index contributed by atoms with van der Waals surface area (Å²) in [4.78, 5) is 30.4. The van der Waals surface area contributed by atoms with Crippen molar-refractivity contribution in [1.82, 2.24) is 14.4 Å². The molecule has 0 unspecified atom stereocenters. The van der Waals surface area contributed by atoms with E-state index in [4.69, 9.17) is 0 Å². The summed E-state index contributed by atoms with van der Waals surface area (Å²) in [6.45, 7) is 9.17. The largest absolute Gasteiger partial charge is 0.339 e. The minimum absolute atomic E-state index is 0.0209. The van der Waals surface area contributed by atoms with Crippen molar-refractivity contribution in [2.24, 2.45) is 5.41 Å². The zero-order valence-corrected chi connectivity index (χ0v) is 20.9. The summed E-state index contributed by atoms with van der Waals surface area (Å²) >= 11 is 0. The lowest BCUT2D eigenvalue weighted by Gasteiger charge is -2.39. The Morgan fingerprint density at radius 1 is 0.800 bits per heavy atom. The van der Waals surface area contributed by atoms with Gasteiger partial charge in [0.1, 0.15) is 0 Å². The van der Waals surface area contributed by atoms with Gasteiger partial charge in [0.15, 0.2) is 0 Å². The molecular weight excluding hydrogens is 436 g/mol. The van der Waals surface area contributed by atoms with Gasteiger partial charge < -0.3 is 19.7 Å². The highest BCUT2D eigenvalue weighted by Gasteiger charge is 2.43. The summed E-state index contributed by atoms with van der Waals surface area (Å²) in [5.41, 5.74) is 6.14. The molecule has 0 bridgehead atoms. The predicted octanol–water partition coefficient (Wildman–Crippen LogP) is 5.56. The molecule has 2 aliphatic rings. The molecule has 2 aliphatic heterocycles. The van der Waals surface area contributed by atoms with Crippen LogP contribution >= 0.6 is 0 Å². The lowest BCUT2D eigenvalue weighted by Crippen LogP contribution is -2.45. The number of benzene rings is 2. The summed E-state index contributed by atoms with van der Waals surface area (Å²) < 4.78 is 1.99. The number of carbonyl (C=O) groups is 2. The third-order valence-corrected chi connectivity index (χ3v) is 7.94. The first-order chi connectivity index (χ1) is 16.8. The number of rotatable bonds is 3. The van der Waals surface area contributed by atoms with E-state index in [0.29, 0.717) is 0 Å². The molecule has 2 aromatic carbocycles. The average Bonchev–Trinajstić information content (AvgIpc) is 3.54. The second-order valence-corrected chi connectivity index (χ2v) is 10.3. The molecule has 5 rings (SSSR count). The van der Waals surface area contributed by atoms with E-state index in [1.54, 1.807) is 0 Å². The van der Waals surface area contributed by atoms with Crippen LogP contribution in [0.3, 0.4) is 0 Å². The Kier molecular flexibility index (Phi) is 6.13. The van der Waals surface area contributed by atoms with E-state index in [1.165, 1.54) is 11.1 Å². The van der Waals surface area contributed by atoms with E-state index in [9.17, 15) is 9.59 Å². The maximum atomic E-state index is 13.4. The van der Waals surface area contributed by atoms with Gasteiger partial charge in [-0.15, -0.1) is 0 Å². The number of anilines is 1. The van der Waals surface area contributed by atoms with Crippen LogP contribution < -0.4 is 5.32 Å². The Morgan fingerprint density at radius 2 is 1.43 bits per heavy atom. The molecule has 0 saturated carbocycles. The second kappa shape index (κ2) is 9.25. The molecule has 182 valence electrons. The fraction of sp³-hybridized carbons (Fsp3) is 0.379. The maximum absolute atomic E-state index is 13.4. The third-order valence-electron chi connectivity index (χ3n) is 7.94. The van der Waals surface area contributed by atoms with Crippen molar-refractivity contribution >= 4 is 17.6 Å². The number of aryl methyl sites for hydroxylation is 3. The van der Waals surface area contributed by atoms with E-state index in [2.05, 4.69) is 31.3 Å². The van der Waals surface area contributed by atoms with Crippen molar-refractivity contribution in [2.45, 2.75) is 40.0 Å². The highest BCUT2D eigenvalue weighted by molar-refractivity contribution is 5.98. The van der Waals surface area contributed by atoms with Crippen LogP contribution in [-0.2, 0) is 0 Å². The Balaban J connectivity index is 1.21. The summed E-state index contributed by atoms with van der Waals surface area (Å²) in [6.07, 6.45) is 6.78. The Hall–Kier alpha value is -3.54. The van der Waals surface area contributed by atoms with Crippen LogP contribution in [0.15, 0.2) is 60.9 Å². The molecule has 2 saturated heterocycles. The predicted molar refractivity (Wildman–Crippen MR) is 139 cm³/mol. The standard InChI is InChI=1S/C29H34N4O2/c1-21-18-23(3)25(19-22(21)2)30-28(35)33-17-12-29(20-33)10-15-32(16-11-29)27(34)24-8-4-5-9-26(24)31-13-6-7-14-31/h4-9,13-14,18-19H,10-12,15-17,20H2,1-3H3,(H,30,35). The van der Waals surface area contributed by atoms with Crippen LogP contribution in [0.5, 0.6) is 0 Å². The number of likely N-dealkylation sites (tertiary alicyclic amines) is 2.